The fraction of sp³-hybridized carbons (Fsp3) is 0.583. The molecule has 5 nitrogen and oxygen atoms in total. The van der Waals surface area contributed by atoms with Crippen molar-refractivity contribution in [1.82, 2.24) is 9.29 Å². The zero-order valence-electron chi connectivity index (χ0n) is 10.5. The highest BCUT2D eigenvalue weighted by molar-refractivity contribution is 7.89. The minimum Gasteiger partial charge on any atom is -0.327 e. The smallest absolute Gasteiger partial charge is 0.222 e. The van der Waals surface area contributed by atoms with Gasteiger partial charge in [-0.05, 0) is 31.9 Å². The highest BCUT2D eigenvalue weighted by Crippen LogP contribution is 2.25. The Hall–Kier alpha value is -0.980. The van der Waals surface area contributed by atoms with Crippen LogP contribution < -0.4 is 5.73 Å². The molecule has 1 aliphatic heterocycles. The molecule has 2 rings (SSSR count). The summed E-state index contributed by atoms with van der Waals surface area (Å²) in [7, 11) is -3.36. The van der Waals surface area contributed by atoms with E-state index in [4.69, 9.17) is 5.73 Å². The van der Waals surface area contributed by atoms with Crippen molar-refractivity contribution in [3.8, 4) is 0 Å². The lowest BCUT2D eigenvalue weighted by molar-refractivity contribution is 0.313. The van der Waals surface area contributed by atoms with Crippen molar-refractivity contribution < 1.29 is 8.42 Å². The lowest BCUT2D eigenvalue weighted by atomic mass is 10.1. The van der Waals surface area contributed by atoms with Crippen molar-refractivity contribution in [2.45, 2.75) is 31.1 Å². The summed E-state index contributed by atoms with van der Waals surface area (Å²) in [5, 5.41) is -0.621. The number of nitrogens with zero attached hydrogens (tertiary/aromatic N) is 2. The average molecular weight is 269 g/mol. The van der Waals surface area contributed by atoms with Gasteiger partial charge >= 0.3 is 0 Å². The standard InChI is InChI=1S/C12H19N3O2S/c1-10(12-6-2-3-7-14-12)18(16,17)15-8-4-5-11(13)9-15/h2-3,6-7,10-11H,4-5,8-9,13H2,1H3/t10-,11-/m1/s1. The maximum atomic E-state index is 12.5. The lowest BCUT2D eigenvalue weighted by Gasteiger charge is -2.31. The highest BCUT2D eigenvalue weighted by atomic mass is 32.2. The summed E-state index contributed by atoms with van der Waals surface area (Å²) >= 11 is 0. The molecule has 0 aromatic carbocycles. The van der Waals surface area contributed by atoms with E-state index in [0.29, 0.717) is 18.8 Å². The first-order valence-corrected chi connectivity index (χ1v) is 7.67. The maximum absolute atomic E-state index is 12.5. The van der Waals surface area contributed by atoms with Gasteiger partial charge in [0, 0.05) is 25.3 Å². The van der Waals surface area contributed by atoms with Gasteiger partial charge in [0.1, 0.15) is 5.25 Å². The van der Waals surface area contributed by atoms with Gasteiger partial charge in [-0.15, -0.1) is 0 Å². The van der Waals surface area contributed by atoms with E-state index in [-0.39, 0.29) is 6.04 Å². The maximum Gasteiger partial charge on any atom is 0.222 e. The molecule has 1 fully saturated rings. The largest absolute Gasteiger partial charge is 0.327 e. The summed E-state index contributed by atoms with van der Waals surface area (Å²) in [6.45, 7) is 2.66. The summed E-state index contributed by atoms with van der Waals surface area (Å²) in [5.74, 6) is 0. The summed E-state index contributed by atoms with van der Waals surface area (Å²) in [6, 6.07) is 5.27. The van der Waals surface area contributed by atoms with Gasteiger partial charge in [0.2, 0.25) is 10.0 Å². The molecule has 0 amide bonds. The number of sulfonamides is 1. The lowest BCUT2D eigenvalue weighted by Crippen LogP contribution is -2.46. The molecular weight excluding hydrogens is 250 g/mol. The number of hydrogen-bond donors (Lipinski definition) is 1. The molecule has 1 aliphatic rings. The van der Waals surface area contributed by atoms with E-state index in [9.17, 15) is 8.42 Å². The number of piperidine rings is 1. The molecule has 1 aromatic heterocycles. The van der Waals surface area contributed by atoms with Crippen LogP contribution in [0.25, 0.3) is 0 Å². The molecule has 0 aliphatic carbocycles. The van der Waals surface area contributed by atoms with Crippen LogP contribution in [0.5, 0.6) is 0 Å². The van der Waals surface area contributed by atoms with E-state index in [1.165, 1.54) is 4.31 Å². The zero-order chi connectivity index (χ0) is 13.2. The van der Waals surface area contributed by atoms with E-state index in [0.717, 1.165) is 12.8 Å². The Morgan fingerprint density at radius 2 is 2.28 bits per heavy atom. The fourth-order valence-electron chi connectivity index (χ4n) is 2.20. The quantitative estimate of drug-likeness (QED) is 0.884. The molecule has 18 heavy (non-hydrogen) atoms. The predicted molar refractivity (Wildman–Crippen MR) is 70.4 cm³/mol. The third-order valence-electron chi connectivity index (χ3n) is 3.33. The second kappa shape index (κ2) is 5.34. The summed E-state index contributed by atoms with van der Waals surface area (Å²) in [6.07, 6.45) is 3.34. The molecule has 0 unspecified atom stereocenters. The Bertz CT molecular complexity index is 489. The molecule has 0 radical (unpaired) electrons. The Morgan fingerprint density at radius 3 is 2.89 bits per heavy atom. The molecule has 6 heteroatoms. The molecule has 100 valence electrons. The van der Waals surface area contributed by atoms with Crippen molar-refractivity contribution >= 4 is 10.0 Å². The van der Waals surface area contributed by atoms with E-state index < -0.39 is 15.3 Å². The van der Waals surface area contributed by atoms with Crippen LogP contribution in [0.15, 0.2) is 24.4 Å². The van der Waals surface area contributed by atoms with Crippen LogP contribution in [0, 0.1) is 0 Å². The average Bonchev–Trinajstić information content (AvgIpc) is 2.39. The van der Waals surface area contributed by atoms with Crippen LogP contribution >= 0.6 is 0 Å². The van der Waals surface area contributed by atoms with Crippen LogP contribution in [0.1, 0.15) is 30.7 Å². The van der Waals surface area contributed by atoms with E-state index in [2.05, 4.69) is 4.98 Å². The molecule has 2 heterocycles. The summed E-state index contributed by atoms with van der Waals surface area (Å²) in [5.41, 5.74) is 6.42. The van der Waals surface area contributed by atoms with Crippen LogP contribution in [-0.4, -0.2) is 36.8 Å². The number of nitrogens with two attached hydrogens (primary N) is 1. The van der Waals surface area contributed by atoms with Gasteiger partial charge in [0.15, 0.2) is 0 Å². The number of rotatable bonds is 3. The topological polar surface area (TPSA) is 76.3 Å². The predicted octanol–water partition coefficient (Wildman–Crippen LogP) is 0.896. The van der Waals surface area contributed by atoms with Crippen molar-refractivity contribution in [3.63, 3.8) is 0 Å². The minimum atomic E-state index is -3.36. The first-order chi connectivity index (χ1) is 8.51. The molecule has 0 bridgehead atoms. The van der Waals surface area contributed by atoms with Gasteiger partial charge in [-0.2, -0.15) is 4.31 Å². The van der Waals surface area contributed by atoms with Crippen LogP contribution in [0.3, 0.4) is 0 Å². The molecular formula is C12H19N3O2S. The Labute approximate surface area is 108 Å². The van der Waals surface area contributed by atoms with Crippen molar-refractivity contribution in [2.75, 3.05) is 13.1 Å². The first-order valence-electron chi connectivity index (χ1n) is 6.17. The van der Waals surface area contributed by atoms with Crippen LogP contribution in [0.4, 0.5) is 0 Å². The SMILES string of the molecule is C[C@H](c1ccccn1)S(=O)(=O)N1CCC[C@@H](N)C1. The zero-order valence-corrected chi connectivity index (χ0v) is 11.3. The van der Waals surface area contributed by atoms with E-state index >= 15 is 0 Å². The van der Waals surface area contributed by atoms with Crippen LogP contribution in [-0.2, 0) is 10.0 Å². The second-order valence-corrected chi connectivity index (χ2v) is 6.96. The first kappa shape index (κ1) is 13.5. The summed E-state index contributed by atoms with van der Waals surface area (Å²) < 4.78 is 26.4. The molecule has 2 atom stereocenters. The van der Waals surface area contributed by atoms with Gasteiger partial charge in [-0.25, -0.2) is 8.42 Å². The van der Waals surface area contributed by atoms with Gasteiger partial charge in [0.25, 0.3) is 0 Å². The highest BCUT2D eigenvalue weighted by Gasteiger charge is 2.33. The van der Waals surface area contributed by atoms with Gasteiger partial charge in [-0.1, -0.05) is 6.07 Å². The Balaban J connectivity index is 2.20. The van der Waals surface area contributed by atoms with Crippen molar-refractivity contribution in [2.24, 2.45) is 5.73 Å². The third kappa shape index (κ3) is 2.71. The number of pyridine rings is 1. The molecule has 0 spiro atoms. The van der Waals surface area contributed by atoms with Crippen LogP contribution in [0.2, 0.25) is 0 Å². The van der Waals surface area contributed by atoms with E-state index in [1.54, 1.807) is 31.3 Å². The fourth-order valence-corrected chi connectivity index (χ4v) is 3.87. The Kier molecular flexibility index (Phi) is 3.99. The van der Waals surface area contributed by atoms with Crippen molar-refractivity contribution in [3.05, 3.63) is 30.1 Å². The number of hydrogen-bond acceptors (Lipinski definition) is 4. The second-order valence-electron chi connectivity index (χ2n) is 4.70. The molecule has 0 saturated carbocycles. The Morgan fingerprint density at radius 1 is 1.50 bits per heavy atom. The minimum absolute atomic E-state index is 0.0514. The van der Waals surface area contributed by atoms with Crippen molar-refractivity contribution in [1.29, 1.82) is 0 Å². The van der Waals surface area contributed by atoms with Gasteiger partial charge < -0.3 is 5.73 Å². The third-order valence-corrected chi connectivity index (χ3v) is 5.52. The monoisotopic (exact) mass is 269 g/mol. The molecule has 1 aromatic rings. The molecule has 1 saturated heterocycles. The number of aromatic nitrogens is 1. The van der Waals surface area contributed by atoms with Gasteiger partial charge in [0.05, 0.1) is 5.69 Å². The van der Waals surface area contributed by atoms with E-state index in [1.807, 2.05) is 0 Å². The normalized spacial score (nSPS) is 23.8. The summed E-state index contributed by atoms with van der Waals surface area (Å²) in [4.78, 5) is 4.12. The van der Waals surface area contributed by atoms with Gasteiger partial charge in [-0.3, -0.25) is 4.98 Å². The molecule has 2 N–H and O–H groups in total.